The van der Waals surface area contributed by atoms with Crippen LogP contribution in [-0.2, 0) is 4.79 Å². The van der Waals surface area contributed by atoms with Crippen LogP contribution in [0, 0.1) is 6.92 Å². The van der Waals surface area contributed by atoms with E-state index in [1.807, 2.05) is 0 Å². The lowest BCUT2D eigenvalue weighted by Gasteiger charge is -2.05. The first-order valence-corrected chi connectivity index (χ1v) is 4.40. The number of nitrogens with two attached hydrogens (primary N) is 1. The summed E-state index contributed by atoms with van der Waals surface area (Å²) in [5, 5.41) is 0. The van der Waals surface area contributed by atoms with Crippen molar-refractivity contribution in [3.8, 4) is 0 Å². The van der Waals surface area contributed by atoms with Crippen molar-refractivity contribution in [2.45, 2.75) is 20.3 Å². The number of hydrogen-bond donors (Lipinski definition) is 1. The van der Waals surface area contributed by atoms with Crippen molar-refractivity contribution in [3.05, 3.63) is 29.3 Å². The van der Waals surface area contributed by atoms with E-state index in [1.165, 1.54) is 6.92 Å². The molecule has 0 fully saturated rings. The second-order valence-corrected chi connectivity index (χ2v) is 3.32. The SMILES string of the molecule is CC(=O)CC(=O)c1cccc(N)c1C. The molecule has 0 atom stereocenters. The van der Waals surface area contributed by atoms with E-state index in [-0.39, 0.29) is 18.0 Å². The van der Waals surface area contributed by atoms with Crippen LogP contribution in [-0.4, -0.2) is 11.6 Å². The smallest absolute Gasteiger partial charge is 0.170 e. The third-order valence-electron chi connectivity index (χ3n) is 2.09. The van der Waals surface area contributed by atoms with Gasteiger partial charge in [-0.25, -0.2) is 0 Å². The number of anilines is 1. The maximum Gasteiger partial charge on any atom is 0.170 e. The summed E-state index contributed by atoms with van der Waals surface area (Å²) in [7, 11) is 0. The molecule has 74 valence electrons. The fourth-order valence-corrected chi connectivity index (χ4v) is 1.28. The van der Waals surface area contributed by atoms with Gasteiger partial charge in [0.25, 0.3) is 0 Å². The lowest BCUT2D eigenvalue weighted by molar-refractivity contribution is -0.116. The van der Waals surface area contributed by atoms with Crippen LogP contribution in [0.5, 0.6) is 0 Å². The Morgan fingerprint density at radius 1 is 1.36 bits per heavy atom. The zero-order chi connectivity index (χ0) is 10.7. The molecule has 0 spiro atoms. The normalized spacial score (nSPS) is 9.86. The highest BCUT2D eigenvalue weighted by Crippen LogP contribution is 2.16. The molecule has 0 saturated carbocycles. The quantitative estimate of drug-likeness (QED) is 0.449. The first kappa shape index (κ1) is 10.4. The molecular weight excluding hydrogens is 178 g/mol. The number of hydrogen-bond acceptors (Lipinski definition) is 3. The van der Waals surface area contributed by atoms with E-state index in [1.54, 1.807) is 25.1 Å². The number of benzene rings is 1. The summed E-state index contributed by atoms with van der Waals surface area (Å²) in [6.45, 7) is 3.18. The van der Waals surface area contributed by atoms with Crippen LogP contribution in [0.4, 0.5) is 5.69 Å². The van der Waals surface area contributed by atoms with Crippen LogP contribution < -0.4 is 5.73 Å². The van der Waals surface area contributed by atoms with Crippen molar-refractivity contribution in [1.82, 2.24) is 0 Å². The molecule has 0 aromatic heterocycles. The van der Waals surface area contributed by atoms with E-state index in [0.29, 0.717) is 11.3 Å². The Morgan fingerprint density at radius 2 is 2.00 bits per heavy atom. The average Bonchev–Trinajstić information content (AvgIpc) is 2.08. The predicted molar refractivity (Wildman–Crippen MR) is 55.2 cm³/mol. The Balaban J connectivity index is 3.01. The Labute approximate surface area is 82.9 Å². The van der Waals surface area contributed by atoms with Gasteiger partial charge >= 0.3 is 0 Å². The minimum absolute atomic E-state index is 0.0513. The van der Waals surface area contributed by atoms with E-state index in [2.05, 4.69) is 0 Å². The highest BCUT2D eigenvalue weighted by atomic mass is 16.1. The molecule has 0 bridgehead atoms. The van der Waals surface area contributed by atoms with E-state index in [9.17, 15) is 9.59 Å². The molecule has 3 nitrogen and oxygen atoms in total. The third kappa shape index (κ3) is 2.19. The largest absolute Gasteiger partial charge is 0.398 e. The van der Waals surface area contributed by atoms with Gasteiger partial charge in [0.05, 0.1) is 6.42 Å². The summed E-state index contributed by atoms with van der Waals surface area (Å²) < 4.78 is 0. The standard InChI is InChI=1S/C11H13NO2/c1-7(13)6-11(14)9-4-3-5-10(12)8(9)2/h3-5H,6,12H2,1-2H3. The number of rotatable bonds is 3. The fourth-order valence-electron chi connectivity index (χ4n) is 1.28. The average molecular weight is 191 g/mol. The molecule has 0 unspecified atom stereocenters. The van der Waals surface area contributed by atoms with Gasteiger partial charge in [-0.1, -0.05) is 12.1 Å². The van der Waals surface area contributed by atoms with E-state index in [4.69, 9.17) is 5.73 Å². The van der Waals surface area contributed by atoms with Crippen LogP contribution in [0.2, 0.25) is 0 Å². The van der Waals surface area contributed by atoms with E-state index < -0.39 is 0 Å². The topological polar surface area (TPSA) is 60.2 Å². The lowest BCUT2D eigenvalue weighted by atomic mass is 10.0. The van der Waals surface area contributed by atoms with Crippen molar-refractivity contribution in [1.29, 1.82) is 0 Å². The number of Topliss-reactive ketones (excluding diaryl/α,β-unsaturated/α-hetero) is 2. The van der Waals surface area contributed by atoms with E-state index in [0.717, 1.165) is 5.56 Å². The fraction of sp³-hybridized carbons (Fsp3) is 0.273. The molecule has 0 heterocycles. The zero-order valence-electron chi connectivity index (χ0n) is 8.33. The second kappa shape index (κ2) is 4.05. The van der Waals surface area contributed by atoms with E-state index >= 15 is 0 Å². The predicted octanol–water partition coefficient (Wildman–Crippen LogP) is 1.74. The Morgan fingerprint density at radius 3 is 2.57 bits per heavy atom. The maximum absolute atomic E-state index is 11.6. The summed E-state index contributed by atoms with van der Waals surface area (Å²) in [4.78, 5) is 22.3. The van der Waals surface area contributed by atoms with Crippen molar-refractivity contribution < 1.29 is 9.59 Å². The molecule has 1 aromatic rings. The highest BCUT2D eigenvalue weighted by Gasteiger charge is 2.11. The zero-order valence-corrected chi connectivity index (χ0v) is 8.33. The molecule has 3 heteroatoms. The maximum atomic E-state index is 11.6. The van der Waals surface area contributed by atoms with Gasteiger partial charge in [0, 0.05) is 11.3 Å². The summed E-state index contributed by atoms with van der Waals surface area (Å²) >= 11 is 0. The highest BCUT2D eigenvalue weighted by molar-refractivity contribution is 6.08. The van der Waals surface area contributed by atoms with Crippen LogP contribution in [0.3, 0.4) is 0 Å². The Bertz CT molecular complexity index is 383. The molecule has 0 aliphatic heterocycles. The Kier molecular flexibility index (Phi) is 3.02. The van der Waals surface area contributed by atoms with Crippen LogP contribution in [0.25, 0.3) is 0 Å². The molecule has 0 radical (unpaired) electrons. The summed E-state index contributed by atoms with van der Waals surface area (Å²) in [5.74, 6) is -0.292. The second-order valence-electron chi connectivity index (χ2n) is 3.32. The minimum Gasteiger partial charge on any atom is -0.398 e. The van der Waals surface area contributed by atoms with Crippen molar-refractivity contribution >= 4 is 17.3 Å². The number of carbonyl (C=O) groups is 2. The monoisotopic (exact) mass is 191 g/mol. The first-order chi connectivity index (χ1) is 6.52. The van der Waals surface area contributed by atoms with Gasteiger partial charge in [0.15, 0.2) is 5.78 Å². The third-order valence-corrected chi connectivity index (χ3v) is 2.09. The van der Waals surface area contributed by atoms with Crippen LogP contribution in [0.15, 0.2) is 18.2 Å². The van der Waals surface area contributed by atoms with Gasteiger partial charge in [-0.3, -0.25) is 9.59 Å². The summed E-state index contributed by atoms with van der Waals surface area (Å²) in [5.41, 5.74) is 7.53. The molecule has 0 amide bonds. The number of carbonyl (C=O) groups excluding carboxylic acids is 2. The number of nitrogen functional groups attached to an aromatic ring is 1. The van der Waals surface area contributed by atoms with Gasteiger partial charge in [-0.2, -0.15) is 0 Å². The van der Waals surface area contributed by atoms with Crippen LogP contribution >= 0.6 is 0 Å². The van der Waals surface area contributed by atoms with Crippen LogP contribution in [0.1, 0.15) is 29.3 Å². The minimum atomic E-state index is -0.165. The molecule has 1 rings (SSSR count). The molecular formula is C11H13NO2. The van der Waals surface area contributed by atoms with Gasteiger partial charge in [0.1, 0.15) is 5.78 Å². The summed E-state index contributed by atoms with van der Waals surface area (Å²) in [6.07, 6.45) is -0.0513. The molecule has 0 saturated heterocycles. The summed E-state index contributed by atoms with van der Waals surface area (Å²) in [6, 6.07) is 5.15. The van der Waals surface area contributed by atoms with Crippen molar-refractivity contribution in [3.63, 3.8) is 0 Å². The Hall–Kier alpha value is -1.64. The molecule has 2 N–H and O–H groups in total. The van der Waals surface area contributed by atoms with Gasteiger partial charge in [-0.05, 0) is 25.5 Å². The van der Waals surface area contributed by atoms with Crippen molar-refractivity contribution in [2.75, 3.05) is 5.73 Å². The van der Waals surface area contributed by atoms with Gasteiger partial charge in [-0.15, -0.1) is 0 Å². The molecule has 1 aromatic carbocycles. The molecule has 0 aliphatic carbocycles. The molecule has 0 aliphatic rings. The molecule has 14 heavy (non-hydrogen) atoms. The van der Waals surface area contributed by atoms with Gasteiger partial charge in [0.2, 0.25) is 0 Å². The number of ketones is 2. The lowest BCUT2D eigenvalue weighted by Crippen LogP contribution is -2.07. The first-order valence-electron chi connectivity index (χ1n) is 4.40. The van der Waals surface area contributed by atoms with Crippen molar-refractivity contribution in [2.24, 2.45) is 0 Å². The van der Waals surface area contributed by atoms with Gasteiger partial charge < -0.3 is 5.73 Å².